The molecule has 2 fully saturated rings. The fourth-order valence-corrected chi connectivity index (χ4v) is 3.92. The summed E-state index contributed by atoms with van der Waals surface area (Å²) < 4.78 is 5.73. The van der Waals surface area contributed by atoms with E-state index in [2.05, 4.69) is 10.2 Å². The molecule has 5 nitrogen and oxygen atoms in total. The Labute approximate surface area is 163 Å². The normalized spacial score (nSPS) is 22.1. The predicted molar refractivity (Wildman–Crippen MR) is 107 cm³/mol. The maximum atomic E-state index is 12.6. The summed E-state index contributed by atoms with van der Waals surface area (Å²) in [4.78, 5) is 15.1. The van der Waals surface area contributed by atoms with E-state index in [-0.39, 0.29) is 11.9 Å². The van der Waals surface area contributed by atoms with Gasteiger partial charge in [-0.25, -0.2) is 0 Å². The molecule has 150 valence electrons. The summed E-state index contributed by atoms with van der Waals surface area (Å²) in [5.74, 6) is 0.0117. The van der Waals surface area contributed by atoms with E-state index in [4.69, 9.17) is 4.74 Å². The monoisotopic (exact) mass is 374 g/mol. The number of ether oxygens (including phenoxy) is 1. The standard InChI is InChI=1S/C22H34N2O3/c1-22(2,26)11-8-17-5-3-6-18(15-17)21(25)23-19-9-12-24(13-10-19)16-20-7-4-14-27-20/h3,5-6,15,19-20,26H,4,7-14,16H2,1-2H3,(H,23,25). The van der Waals surface area contributed by atoms with E-state index >= 15 is 0 Å². The molecule has 0 saturated carbocycles. The number of likely N-dealkylation sites (tertiary alicyclic amines) is 1. The van der Waals surface area contributed by atoms with Crippen LogP contribution in [0.4, 0.5) is 0 Å². The highest BCUT2D eigenvalue weighted by Gasteiger charge is 2.25. The van der Waals surface area contributed by atoms with Crippen molar-refractivity contribution in [1.82, 2.24) is 10.2 Å². The van der Waals surface area contributed by atoms with Crippen molar-refractivity contribution in [3.8, 4) is 0 Å². The molecule has 5 heteroatoms. The van der Waals surface area contributed by atoms with E-state index < -0.39 is 5.60 Å². The quantitative estimate of drug-likeness (QED) is 0.770. The van der Waals surface area contributed by atoms with Crippen molar-refractivity contribution in [2.24, 2.45) is 0 Å². The number of nitrogens with one attached hydrogen (secondary N) is 1. The number of rotatable bonds is 7. The van der Waals surface area contributed by atoms with E-state index in [1.807, 2.05) is 38.1 Å². The Bertz CT molecular complexity index is 612. The molecule has 2 aliphatic rings. The zero-order valence-electron chi connectivity index (χ0n) is 16.7. The largest absolute Gasteiger partial charge is 0.390 e. The third-order valence-electron chi connectivity index (χ3n) is 5.62. The molecule has 0 aromatic heterocycles. The topological polar surface area (TPSA) is 61.8 Å². The lowest BCUT2D eigenvalue weighted by atomic mass is 9.97. The first-order valence-electron chi connectivity index (χ1n) is 10.4. The van der Waals surface area contributed by atoms with E-state index in [1.54, 1.807) is 0 Å². The molecule has 27 heavy (non-hydrogen) atoms. The number of hydrogen-bond acceptors (Lipinski definition) is 4. The number of aryl methyl sites for hydroxylation is 1. The molecular formula is C22H34N2O3. The van der Waals surface area contributed by atoms with Crippen LogP contribution in [0.15, 0.2) is 24.3 Å². The molecule has 2 aliphatic heterocycles. The number of carbonyl (C=O) groups is 1. The number of amides is 1. The Balaban J connectivity index is 1.45. The molecular weight excluding hydrogens is 340 g/mol. The molecule has 1 unspecified atom stereocenters. The smallest absolute Gasteiger partial charge is 0.251 e. The van der Waals surface area contributed by atoms with Crippen molar-refractivity contribution in [3.05, 3.63) is 35.4 Å². The summed E-state index contributed by atoms with van der Waals surface area (Å²) in [5.41, 5.74) is 1.12. The van der Waals surface area contributed by atoms with Crippen molar-refractivity contribution in [2.75, 3.05) is 26.2 Å². The van der Waals surface area contributed by atoms with E-state index in [0.29, 0.717) is 18.1 Å². The number of nitrogens with zero attached hydrogens (tertiary/aromatic N) is 1. The van der Waals surface area contributed by atoms with Crippen molar-refractivity contribution in [1.29, 1.82) is 0 Å². The van der Waals surface area contributed by atoms with Crippen LogP contribution in [0.3, 0.4) is 0 Å². The van der Waals surface area contributed by atoms with Crippen LogP contribution < -0.4 is 5.32 Å². The van der Waals surface area contributed by atoms with Gasteiger partial charge in [0, 0.05) is 37.8 Å². The number of hydrogen-bond donors (Lipinski definition) is 2. The maximum absolute atomic E-state index is 12.6. The second-order valence-corrected chi connectivity index (χ2v) is 8.70. The highest BCUT2D eigenvalue weighted by molar-refractivity contribution is 5.94. The van der Waals surface area contributed by atoms with E-state index in [9.17, 15) is 9.90 Å². The summed E-state index contributed by atoms with van der Waals surface area (Å²) in [5, 5.41) is 13.1. The second kappa shape index (κ2) is 9.18. The summed E-state index contributed by atoms with van der Waals surface area (Å²) in [6.45, 7) is 7.62. The fourth-order valence-electron chi connectivity index (χ4n) is 3.92. The van der Waals surface area contributed by atoms with Crippen molar-refractivity contribution < 1.29 is 14.6 Å². The number of benzene rings is 1. The van der Waals surface area contributed by atoms with Crippen molar-refractivity contribution >= 4 is 5.91 Å². The average Bonchev–Trinajstić information content (AvgIpc) is 3.14. The zero-order valence-corrected chi connectivity index (χ0v) is 16.7. The molecule has 1 aromatic carbocycles. The van der Waals surface area contributed by atoms with Gasteiger partial charge >= 0.3 is 0 Å². The van der Waals surface area contributed by atoms with Crippen LogP contribution in [0.2, 0.25) is 0 Å². The average molecular weight is 375 g/mol. The third-order valence-corrected chi connectivity index (χ3v) is 5.62. The first-order valence-corrected chi connectivity index (χ1v) is 10.4. The zero-order chi connectivity index (χ0) is 19.3. The van der Waals surface area contributed by atoms with Crippen LogP contribution >= 0.6 is 0 Å². The Morgan fingerprint density at radius 2 is 2.07 bits per heavy atom. The molecule has 0 spiro atoms. The lowest BCUT2D eigenvalue weighted by Gasteiger charge is -2.33. The van der Waals surface area contributed by atoms with Gasteiger partial charge in [-0.3, -0.25) is 4.79 Å². The van der Waals surface area contributed by atoms with Crippen molar-refractivity contribution in [3.63, 3.8) is 0 Å². The lowest BCUT2D eigenvalue weighted by Crippen LogP contribution is -2.46. The minimum atomic E-state index is -0.685. The van der Waals surface area contributed by atoms with Gasteiger partial charge < -0.3 is 20.1 Å². The van der Waals surface area contributed by atoms with Crippen LogP contribution in [0, 0.1) is 0 Å². The minimum Gasteiger partial charge on any atom is -0.390 e. The van der Waals surface area contributed by atoms with Crippen LogP contribution in [0.25, 0.3) is 0 Å². The molecule has 2 saturated heterocycles. The van der Waals surface area contributed by atoms with Crippen LogP contribution in [-0.4, -0.2) is 59.9 Å². The summed E-state index contributed by atoms with van der Waals surface area (Å²) >= 11 is 0. The van der Waals surface area contributed by atoms with Gasteiger partial charge in [0.25, 0.3) is 5.91 Å². The van der Waals surface area contributed by atoms with Gasteiger partial charge in [-0.1, -0.05) is 12.1 Å². The second-order valence-electron chi connectivity index (χ2n) is 8.70. The van der Waals surface area contributed by atoms with Crippen LogP contribution in [-0.2, 0) is 11.2 Å². The molecule has 0 bridgehead atoms. The van der Waals surface area contributed by atoms with E-state index in [0.717, 1.165) is 51.1 Å². The summed E-state index contributed by atoms with van der Waals surface area (Å²) in [7, 11) is 0. The van der Waals surface area contributed by atoms with Crippen LogP contribution in [0.1, 0.15) is 61.9 Å². The molecule has 0 radical (unpaired) electrons. The summed E-state index contributed by atoms with van der Waals surface area (Å²) in [6.07, 6.45) is 6.22. The molecule has 3 rings (SSSR count). The Kier molecular flexibility index (Phi) is 6.90. The number of carbonyl (C=O) groups excluding carboxylic acids is 1. The van der Waals surface area contributed by atoms with Crippen LogP contribution in [0.5, 0.6) is 0 Å². The van der Waals surface area contributed by atoms with E-state index in [1.165, 1.54) is 12.8 Å². The molecule has 0 aliphatic carbocycles. The first-order chi connectivity index (χ1) is 12.9. The minimum absolute atomic E-state index is 0.0117. The first kappa shape index (κ1) is 20.3. The highest BCUT2D eigenvalue weighted by Crippen LogP contribution is 2.18. The van der Waals surface area contributed by atoms with Gasteiger partial charge in [-0.2, -0.15) is 0 Å². The maximum Gasteiger partial charge on any atom is 0.251 e. The van der Waals surface area contributed by atoms with Crippen molar-refractivity contribution in [2.45, 2.75) is 70.1 Å². The molecule has 1 amide bonds. The lowest BCUT2D eigenvalue weighted by molar-refractivity contribution is 0.0613. The molecule has 2 heterocycles. The molecule has 1 aromatic rings. The number of aliphatic hydroxyl groups is 1. The summed E-state index contributed by atoms with van der Waals surface area (Å²) in [6, 6.07) is 8.02. The van der Waals surface area contributed by atoms with Gasteiger partial charge in [0.05, 0.1) is 11.7 Å². The predicted octanol–water partition coefficient (Wildman–Crippen LogP) is 2.76. The fraction of sp³-hybridized carbons (Fsp3) is 0.682. The molecule has 2 N–H and O–H groups in total. The van der Waals surface area contributed by atoms with Gasteiger partial charge in [0.15, 0.2) is 0 Å². The van der Waals surface area contributed by atoms with Gasteiger partial charge in [0.1, 0.15) is 0 Å². The van der Waals surface area contributed by atoms with Gasteiger partial charge in [-0.05, 0) is 70.1 Å². The molecule has 1 atom stereocenters. The Morgan fingerprint density at radius 1 is 1.30 bits per heavy atom. The highest BCUT2D eigenvalue weighted by atomic mass is 16.5. The van der Waals surface area contributed by atoms with Gasteiger partial charge in [-0.15, -0.1) is 0 Å². The SMILES string of the molecule is CC(C)(O)CCc1cccc(C(=O)NC2CCN(CC3CCCO3)CC2)c1. The Hall–Kier alpha value is -1.43. The number of piperidine rings is 1. The Morgan fingerprint density at radius 3 is 2.74 bits per heavy atom. The van der Waals surface area contributed by atoms with Gasteiger partial charge in [0.2, 0.25) is 0 Å². The third kappa shape index (κ3) is 6.59.